The minimum Gasteiger partial charge on any atom is -0.463 e. The van der Waals surface area contributed by atoms with Crippen molar-refractivity contribution in [2.24, 2.45) is 5.41 Å². The van der Waals surface area contributed by atoms with Crippen LogP contribution in [-0.2, 0) is 17.8 Å². The molecule has 2 atom stereocenters. The number of anilines is 2. The number of ether oxygens (including phenoxy) is 1. The molecule has 0 radical (unpaired) electrons. The molecule has 1 aromatic heterocycles. The smallest absolute Gasteiger partial charge is 0.318 e. The fourth-order valence-corrected chi connectivity index (χ4v) is 6.71. The molecule has 2 aliphatic heterocycles. The zero-order valence-electron chi connectivity index (χ0n) is 24.2. The Balaban J connectivity index is 1.49. The number of amides is 1. The van der Waals surface area contributed by atoms with Crippen LogP contribution in [0.2, 0.25) is 10.0 Å². The van der Waals surface area contributed by atoms with Crippen LogP contribution in [0.3, 0.4) is 0 Å². The van der Waals surface area contributed by atoms with Crippen molar-refractivity contribution in [2.75, 3.05) is 63.2 Å². The highest BCUT2D eigenvalue weighted by molar-refractivity contribution is 6.39. The lowest BCUT2D eigenvalue weighted by Gasteiger charge is -2.42. The SMILES string of the molecule is [C-]#[N+]C[C@H]1CN(c2nc(OCC3(CN(C)C)CC3)nc3c2C[C@@H](C)N(c2c(Cl)cccc2Cl)C3)CCN1C(=O)C(=C)F. The molecule has 5 rings (SSSR count). The van der Waals surface area contributed by atoms with E-state index in [1.807, 2.05) is 18.2 Å². The van der Waals surface area contributed by atoms with Gasteiger partial charge in [-0.3, -0.25) is 4.79 Å². The summed E-state index contributed by atoms with van der Waals surface area (Å²) in [6.45, 7) is 15.7. The van der Waals surface area contributed by atoms with Gasteiger partial charge >= 0.3 is 6.01 Å². The molecule has 0 N–H and O–H groups in total. The van der Waals surface area contributed by atoms with Crippen molar-refractivity contribution in [2.45, 2.75) is 44.8 Å². The number of piperazine rings is 1. The van der Waals surface area contributed by atoms with Crippen LogP contribution in [0.15, 0.2) is 30.6 Å². The van der Waals surface area contributed by atoms with Crippen LogP contribution < -0.4 is 14.5 Å². The summed E-state index contributed by atoms with van der Waals surface area (Å²) in [5.41, 5.74) is 2.66. The number of benzene rings is 1. The predicted octanol–water partition coefficient (Wildman–Crippen LogP) is 4.87. The molecule has 1 amide bonds. The minimum absolute atomic E-state index is 0.0376. The Morgan fingerprint density at radius 3 is 2.60 bits per heavy atom. The lowest BCUT2D eigenvalue weighted by atomic mass is 9.97. The number of hydrogen-bond acceptors (Lipinski definition) is 7. The van der Waals surface area contributed by atoms with E-state index in [0.29, 0.717) is 48.7 Å². The Morgan fingerprint density at radius 2 is 1.98 bits per heavy atom. The molecule has 2 aromatic rings. The van der Waals surface area contributed by atoms with E-state index in [4.69, 9.17) is 44.5 Å². The summed E-state index contributed by atoms with van der Waals surface area (Å²) >= 11 is 13.2. The van der Waals surface area contributed by atoms with E-state index in [0.717, 1.165) is 42.1 Å². The van der Waals surface area contributed by atoms with Crippen LogP contribution in [-0.4, -0.2) is 91.2 Å². The van der Waals surface area contributed by atoms with Crippen LogP contribution in [0.25, 0.3) is 4.85 Å². The van der Waals surface area contributed by atoms with E-state index in [-0.39, 0.29) is 24.5 Å². The lowest BCUT2D eigenvalue weighted by molar-refractivity contribution is -0.131. The molecule has 0 bridgehead atoms. The Labute approximate surface area is 256 Å². The van der Waals surface area contributed by atoms with Gasteiger partial charge in [-0.1, -0.05) is 35.8 Å². The first-order valence-electron chi connectivity index (χ1n) is 14.1. The molecule has 9 nitrogen and oxygen atoms in total. The van der Waals surface area contributed by atoms with Crippen LogP contribution >= 0.6 is 23.2 Å². The first-order valence-corrected chi connectivity index (χ1v) is 14.9. The Bertz CT molecular complexity index is 1390. The van der Waals surface area contributed by atoms with Gasteiger partial charge in [0.05, 0.1) is 34.6 Å². The summed E-state index contributed by atoms with van der Waals surface area (Å²) in [5.74, 6) is -1.06. The normalized spacial score (nSPS) is 21.1. The number of rotatable bonds is 9. The van der Waals surface area contributed by atoms with Gasteiger partial charge in [-0.2, -0.15) is 9.97 Å². The van der Waals surface area contributed by atoms with Gasteiger partial charge in [0.15, 0.2) is 5.83 Å². The van der Waals surface area contributed by atoms with E-state index in [9.17, 15) is 9.18 Å². The van der Waals surface area contributed by atoms with E-state index in [1.165, 1.54) is 4.90 Å². The molecule has 42 heavy (non-hydrogen) atoms. The zero-order chi connectivity index (χ0) is 30.2. The van der Waals surface area contributed by atoms with Gasteiger partial charge in [0.25, 0.3) is 5.91 Å². The fourth-order valence-electron chi connectivity index (χ4n) is 6.09. The van der Waals surface area contributed by atoms with Crippen LogP contribution in [0.1, 0.15) is 31.0 Å². The Kier molecular flexibility index (Phi) is 8.83. The second-order valence-corrected chi connectivity index (χ2v) is 12.7. The van der Waals surface area contributed by atoms with E-state index >= 15 is 0 Å². The molecule has 12 heteroatoms. The topological polar surface area (TPSA) is 69.4 Å². The minimum atomic E-state index is -1.02. The number of aromatic nitrogens is 2. The third-order valence-corrected chi connectivity index (χ3v) is 8.93. The molecule has 1 aromatic carbocycles. The number of carbonyl (C=O) groups is 1. The quantitative estimate of drug-likeness (QED) is 0.294. The number of fused-ring (bicyclic) bond motifs is 1. The van der Waals surface area contributed by atoms with Crippen molar-refractivity contribution >= 4 is 40.6 Å². The van der Waals surface area contributed by atoms with Gasteiger partial charge in [0, 0.05) is 43.2 Å². The Morgan fingerprint density at radius 1 is 1.26 bits per heavy atom. The van der Waals surface area contributed by atoms with Crippen molar-refractivity contribution in [1.29, 1.82) is 0 Å². The van der Waals surface area contributed by atoms with E-state index in [1.54, 1.807) is 0 Å². The monoisotopic (exact) mass is 615 g/mol. The van der Waals surface area contributed by atoms with Gasteiger partial charge in [0.2, 0.25) is 6.54 Å². The maximum atomic E-state index is 13.8. The largest absolute Gasteiger partial charge is 0.463 e. The second kappa shape index (κ2) is 12.2. The number of nitrogens with zero attached hydrogens (tertiary/aromatic N) is 7. The third kappa shape index (κ3) is 6.29. The number of hydrogen-bond donors (Lipinski definition) is 0. The van der Waals surface area contributed by atoms with Crippen LogP contribution in [0.4, 0.5) is 15.9 Å². The van der Waals surface area contributed by atoms with Crippen molar-refractivity contribution < 1.29 is 13.9 Å². The maximum absolute atomic E-state index is 13.8. The number of para-hydroxylation sites is 1. The molecule has 1 saturated carbocycles. The average Bonchev–Trinajstić information content (AvgIpc) is 3.70. The standard InChI is InChI=1S/C30H36Cl2FN7O2/c1-19-13-22-25(16-40(19)26-23(31)7-6-8-24(26)32)35-29(42-18-30(9-10-30)17-37(4)5)36-27(22)38-11-12-39(28(41)20(2)33)21(15-38)14-34-3/h6-8,19,21H,2,9-18H2,1,4-5H3/t19-,21+/m1/s1. The van der Waals surface area contributed by atoms with E-state index in [2.05, 4.69) is 47.1 Å². The molecule has 1 saturated heterocycles. The van der Waals surface area contributed by atoms with Crippen molar-refractivity contribution in [3.63, 3.8) is 0 Å². The second-order valence-electron chi connectivity index (χ2n) is 11.9. The maximum Gasteiger partial charge on any atom is 0.318 e. The first kappa shape index (κ1) is 30.3. The highest BCUT2D eigenvalue weighted by Crippen LogP contribution is 2.46. The number of halogens is 3. The summed E-state index contributed by atoms with van der Waals surface area (Å²) < 4.78 is 20.1. The third-order valence-electron chi connectivity index (χ3n) is 8.32. The van der Waals surface area contributed by atoms with Crippen LogP contribution in [0, 0.1) is 12.0 Å². The fraction of sp³-hybridized carbons (Fsp3) is 0.533. The molecule has 2 fully saturated rings. The van der Waals surface area contributed by atoms with Gasteiger partial charge in [-0.05, 0) is 52.4 Å². The molecular formula is C30H36Cl2FN7O2. The molecule has 3 aliphatic rings. The van der Waals surface area contributed by atoms with Crippen LogP contribution in [0.5, 0.6) is 6.01 Å². The average molecular weight is 617 g/mol. The summed E-state index contributed by atoms with van der Waals surface area (Å²) in [7, 11) is 4.12. The lowest BCUT2D eigenvalue weighted by Crippen LogP contribution is -2.57. The van der Waals surface area contributed by atoms with Gasteiger partial charge in [-0.25, -0.2) is 11.0 Å². The van der Waals surface area contributed by atoms with Crippen molar-refractivity contribution in [1.82, 2.24) is 19.8 Å². The highest BCUT2D eigenvalue weighted by Gasteiger charge is 2.44. The summed E-state index contributed by atoms with van der Waals surface area (Å²) in [4.78, 5) is 33.7. The molecule has 0 spiro atoms. The summed E-state index contributed by atoms with van der Waals surface area (Å²) in [6, 6.07) is 5.32. The number of carbonyl (C=O) groups excluding carboxylic acids is 1. The van der Waals surface area contributed by atoms with Gasteiger partial charge in [0.1, 0.15) is 11.9 Å². The highest BCUT2D eigenvalue weighted by atomic mass is 35.5. The molecule has 1 aliphatic carbocycles. The van der Waals surface area contributed by atoms with Crippen molar-refractivity contribution in [3.8, 4) is 6.01 Å². The summed E-state index contributed by atoms with van der Waals surface area (Å²) in [6.07, 6.45) is 2.81. The predicted molar refractivity (Wildman–Crippen MR) is 163 cm³/mol. The van der Waals surface area contributed by atoms with Crippen molar-refractivity contribution in [3.05, 3.63) is 63.3 Å². The molecule has 0 unspecified atom stereocenters. The molecule has 224 valence electrons. The van der Waals surface area contributed by atoms with E-state index < -0.39 is 17.8 Å². The first-order chi connectivity index (χ1) is 20.0. The molecular weight excluding hydrogens is 580 g/mol. The van der Waals surface area contributed by atoms with Gasteiger partial charge in [-0.15, -0.1) is 0 Å². The Hall–Kier alpha value is -3.13. The zero-order valence-corrected chi connectivity index (χ0v) is 25.8. The van der Waals surface area contributed by atoms with Gasteiger partial charge < -0.3 is 29.2 Å². The molecule has 3 heterocycles. The summed E-state index contributed by atoms with van der Waals surface area (Å²) in [5, 5.41) is 1.14.